The molecule has 0 radical (unpaired) electrons. The largest absolute Gasteiger partial charge is 0.387 e. The SMILES string of the molecule is CN/C(=C1\C(=N)CCC(C=O)=C1Cl)c1ccc(C)cc1C. The zero-order valence-corrected chi connectivity index (χ0v) is 13.3. The minimum atomic E-state index is 0.394. The average molecular weight is 303 g/mol. The Bertz CT molecular complexity index is 671. The first-order chi connectivity index (χ1) is 9.99. The fourth-order valence-electron chi connectivity index (χ4n) is 2.65. The first-order valence-electron chi connectivity index (χ1n) is 6.91. The van der Waals surface area contributed by atoms with Crippen LogP contribution in [0.2, 0.25) is 0 Å². The van der Waals surface area contributed by atoms with Crippen molar-refractivity contribution in [3.63, 3.8) is 0 Å². The van der Waals surface area contributed by atoms with Gasteiger partial charge in [-0.1, -0.05) is 35.4 Å². The molecule has 0 fully saturated rings. The number of aldehydes is 1. The number of benzene rings is 1. The van der Waals surface area contributed by atoms with Crippen LogP contribution in [-0.4, -0.2) is 19.0 Å². The van der Waals surface area contributed by atoms with Crippen LogP contribution in [0.3, 0.4) is 0 Å². The smallest absolute Gasteiger partial charge is 0.147 e. The van der Waals surface area contributed by atoms with Gasteiger partial charge in [-0.15, -0.1) is 0 Å². The van der Waals surface area contributed by atoms with Crippen LogP contribution < -0.4 is 5.32 Å². The third-order valence-electron chi connectivity index (χ3n) is 3.74. The van der Waals surface area contributed by atoms with Crippen LogP contribution in [0.1, 0.15) is 29.5 Å². The van der Waals surface area contributed by atoms with E-state index in [0.717, 1.165) is 23.1 Å². The van der Waals surface area contributed by atoms with Crippen molar-refractivity contribution in [2.75, 3.05) is 7.05 Å². The van der Waals surface area contributed by atoms with Crippen LogP contribution in [0.5, 0.6) is 0 Å². The third kappa shape index (κ3) is 2.93. The summed E-state index contributed by atoms with van der Waals surface area (Å²) in [4.78, 5) is 11.1. The van der Waals surface area contributed by atoms with Crippen molar-refractivity contribution in [2.45, 2.75) is 26.7 Å². The molecule has 0 aromatic heterocycles. The Labute approximate surface area is 130 Å². The molecule has 0 saturated carbocycles. The molecule has 3 nitrogen and oxygen atoms in total. The summed E-state index contributed by atoms with van der Waals surface area (Å²) in [6, 6.07) is 6.15. The quantitative estimate of drug-likeness (QED) is 0.836. The van der Waals surface area contributed by atoms with Gasteiger partial charge in [-0.3, -0.25) is 4.79 Å². The number of nitrogens with one attached hydrogen (secondary N) is 2. The zero-order chi connectivity index (χ0) is 15.6. The van der Waals surface area contributed by atoms with Gasteiger partial charge in [0.15, 0.2) is 0 Å². The molecule has 0 amide bonds. The molecule has 2 rings (SSSR count). The molecule has 0 aliphatic heterocycles. The molecule has 2 N–H and O–H groups in total. The van der Waals surface area contributed by atoms with Gasteiger partial charge in [-0.05, 0) is 32.3 Å². The standard InChI is InChI=1S/C17H19ClN2O/c1-10-4-6-13(11(2)8-10)17(20-3)15-14(19)7-5-12(9-21)16(15)18/h4,6,8-9,19-20H,5,7H2,1-3H3/b17-15+,19-14?. The number of allylic oxidation sites excluding steroid dienone is 3. The minimum Gasteiger partial charge on any atom is -0.387 e. The van der Waals surface area contributed by atoms with E-state index < -0.39 is 0 Å². The number of aryl methyl sites for hydroxylation is 2. The van der Waals surface area contributed by atoms with E-state index in [9.17, 15) is 4.79 Å². The lowest BCUT2D eigenvalue weighted by Crippen LogP contribution is -2.19. The molecule has 0 heterocycles. The van der Waals surface area contributed by atoms with E-state index in [-0.39, 0.29) is 0 Å². The molecule has 4 heteroatoms. The van der Waals surface area contributed by atoms with Crippen LogP contribution in [0, 0.1) is 19.3 Å². The van der Waals surface area contributed by atoms with Crippen LogP contribution in [0.15, 0.2) is 34.4 Å². The molecule has 0 atom stereocenters. The van der Waals surface area contributed by atoms with Crippen LogP contribution in [-0.2, 0) is 4.79 Å². The highest BCUT2D eigenvalue weighted by molar-refractivity contribution is 6.39. The van der Waals surface area contributed by atoms with Gasteiger partial charge in [0.25, 0.3) is 0 Å². The Morgan fingerprint density at radius 2 is 2.05 bits per heavy atom. The van der Waals surface area contributed by atoms with Crippen LogP contribution in [0.4, 0.5) is 0 Å². The predicted octanol–water partition coefficient (Wildman–Crippen LogP) is 3.74. The Hall–Kier alpha value is -1.87. The van der Waals surface area contributed by atoms with Gasteiger partial charge < -0.3 is 10.7 Å². The molecule has 110 valence electrons. The molecule has 0 saturated heterocycles. The van der Waals surface area contributed by atoms with Gasteiger partial charge in [-0.25, -0.2) is 0 Å². The van der Waals surface area contributed by atoms with Crippen molar-refractivity contribution in [1.82, 2.24) is 5.32 Å². The van der Waals surface area contributed by atoms with Crippen molar-refractivity contribution < 1.29 is 4.79 Å². The Morgan fingerprint density at radius 3 is 2.62 bits per heavy atom. The maximum atomic E-state index is 11.1. The highest BCUT2D eigenvalue weighted by atomic mass is 35.5. The number of rotatable bonds is 3. The summed E-state index contributed by atoms with van der Waals surface area (Å²) in [6.45, 7) is 4.08. The van der Waals surface area contributed by atoms with E-state index in [4.69, 9.17) is 17.0 Å². The summed E-state index contributed by atoms with van der Waals surface area (Å²) >= 11 is 6.36. The highest BCUT2D eigenvalue weighted by Gasteiger charge is 2.24. The molecule has 1 aromatic carbocycles. The molecular weight excluding hydrogens is 284 g/mol. The van der Waals surface area contributed by atoms with E-state index in [2.05, 4.69) is 11.4 Å². The van der Waals surface area contributed by atoms with E-state index in [0.29, 0.717) is 34.7 Å². The average Bonchev–Trinajstić information content (AvgIpc) is 2.44. The number of hydrogen-bond acceptors (Lipinski definition) is 3. The third-order valence-corrected chi connectivity index (χ3v) is 4.17. The van der Waals surface area contributed by atoms with Crippen LogP contribution in [0.25, 0.3) is 5.70 Å². The maximum Gasteiger partial charge on any atom is 0.147 e. The number of carbonyl (C=O) groups excluding carboxylic acids is 1. The first kappa shape index (κ1) is 15.5. The van der Waals surface area contributed by atoms with Crippen molar-refractivity contribution in [3.05, 3.63) is 51.1 Å². The molecule has 21 heavy (non-hydrogen) atoms. The van der Waals surface area contributed by atoms with E-state index >= 15 is 0 Å². The fraction of sp³-hybridized carbons (Fsp3) is 0.294. The van der Waals surface area contributed by atoms with Gasteiger partial charge in [0.05, 0.1) is 10.7 Å². The van der Waals surface area contributed by atoms with Gasteiger partial charge in [0, 0.05) is 29.5 Å². The van der Waals surface area contributed by atoms with Crippen LogP contribution >= 0.6 is 11.6 Å². The predicted molar refractivity (Wildman–Crippen MR) is 87.8 cm³/mol. The Morgan fingerprint density at radius 1 is 1.33 bits per heavy atom. The Kier molecular flexibility index (Phi) is 4.63. The molecule has 0 bridgehead atoms. The molecular formula is C17H19ClN2O. The second-order valence-corrected chi connectivity index (χ2v) is 5.63. The van der Waals surface area contributed by atoms with Crippen molar-refractivity contribution in [2.24, 2.45) is 0 Å². The summed E-state index contributed by atoms with van der Waals surface area (Å²) in [6.07, 6.45) is 1.87. The van der Waals surface area contributed by atoms with E-state index in [1.54, 1.807) is 0 Å². The lowest BCUT2D eigenvalue weighted by atomic mass is 9.89. The first-order valence-corrected chi connectivity index (χ1v) is 7.29. The van der Waals surface area contributed by atoms with Gasteiger partial charge in [0.2, 0.25) is 0 Å². The lowest BCUT2D eigenvalue weighted by Gasteiger charge is -2.22. The summed E-state index contributed by atoms with van der Waals surface area (Å²) < 4.78 is 0. The zero-order valence-electron chi connectivity index (χ0n) is 12.5. The highest BCUT2D eigenvalue weighted by Crippen LogP contribution is 2.34. The second-order valence-electron chi connectivity index (χ2n) is 5.25. The van der Waals surface area contributed by atoms with E-state index in [1.165, 1.54) is 5.56 Å². The number of carbonyl (C=O) groups is 1. The van der Waals surface area contributed by atoms with Crippen molar-refractivity contribution in [1.29, 1.82) is 5.41 Å². The topological polar surface area (TPSA) is 53.0 Å². The fourth-order valence-corrected chi connectivity index (χ4v) is 2.99. The summed E-state index contributed by atoms with van der Waals surface area (Å²) in [5, 5.41) is 11.8. The monoisotopic (exact) mass is 302 g/mol. The molecule has 1 aliphatic rings. The summed E-state index contributed by atoms with van der Waals surface area (Å²) in [5.74, 6) is 0. The number of hydrogen-bond donors (Lipinski definition) is 2. The van der Waals surface area contributed by atoms with Crippen molar-refractivity contribution in [3.8, 4) is 0 Å². The second kappa shape index (κ2) is 6.27. The lowest BCUT2D eigenvalue weighted by molar-refractivity contribution is -0.105. The van der Waals surface area contributed by atoms with E-state index in [1.807, 2.05) is 33.0 Å². The Balaban J connectivity index is 2.71. The summed E-state index contributed by atoms with van der Waals surface area (Å²) in [5.41, 5.74) is 5.79. The molecule has 0 spiro atoms. The minimum absolute atomic E-state index is 0.394. The van der Waals surface area contributed by atoms with Crippen molar-refractivity contribution >= 4 is 29.3 Å². The molecule has 1 aromatic rings. The molecule has 0 unspecified atom stereocenters. The van der Waals surface area contributed by atoms with Gasteiger partial charge >= 0.3 is 0 Å². The van der Waals surface area contributed by atoms with Gasteiger partial charge in [0.1, 0.15) is 6.29 Å². The summed E-state index contributed by atoms with van der Waals surface area (Å²) in [7, 11) is 1.81. The molecule has 1 aliphatic carbocycles. The normalized spacial score (nSPS) is 17.8. The number of halogens is 1. The van der Waals surface area contributed by atoms with Gasteiger partial charge in [-0.2, -0.15) is 0 Å². The maximum absolute atomic E-state index is 11.1.